The second kappa shape index (κ2) is 6.25. The van der Waals surface area contributed by atoms with E-state index in [0.29, 0.717) is 17.3 Å². The van der Waals surface area contributed by atoms with Crippen LogP contribution in [0.3, 0.4) is 0 Å². The van der Waals surface area contributed by atoms with Crippen LogP contribution < -0.4 is 5.73 Å². The second-order valence-electron chi connectivity index (χ2n) is 4.88. The molecule has 0 aliphatic heterocycles. The average Bonchev–Trinajstić information content (AvgIpc) is 2.93. The Morgan fingerprint density at radius 3 is 2.36 bits per heavy atom. The third-order valence-corrected chi connectivity index (χ3v) is 3.61. The summed E-state index contributed by atoms with van der Waals surface area (Å²) in [4.78, 5) is 0. The van der Waals surface area contributed by atoms with Gasteiger partial charge in [0.05, 0.1) is 12.2 Å². The molecule has 0 atom stereocenters. The minimum atomic E-state index is -0.283. The molecule has 0 radical (unpaired) electrons. The molecule has 0 spiro atoms. The van der Waals surface area contributed by atoms with Gasteiger partial charge >= 0.3 is 0 Å². The molecule has 2 aromatic carbocycles. The Morgan fingerprint density at radius 1 is 1.05 bits per heavy atom. The molecule has 3 aromatic rings. The van der Waals surface area contributed by atoms with Crippen LogP contribution >= 0.6 is 11.6 Å². The van der Waals surface area contributed by atoms with Crippen molar-refractivity contribution in [1.82, 2.24) is 15.0 Å². The fourth-order valence-electron chi connectivity index (χ4n) is 2.28. The summed E-state index contributed by atoms with van der Waals surface area (Å²) >= 11 is 5.90. The lowest BCUT2D eigenvalue weighted by molar-refractivity contribution is 0.627. The fraction of sp³-hybridized carbons (Fsp3) is 0.125. The van der Waals surface area contributed by atoms with E-state index >= 15 is 0 Å². The smallest absolute Gasteiger partial charge is 0.123 e. The molecule has 0 saturated carbocycles. The van der Waals surface area contributed by atoms with E-state index in [1.807, 2.05) is 24.3 Å². The Morgan fingerprint density at radius 2 is 1.73 bits per heavy atom. The van der Waals surface area contributed by atoms with E-state index in [4.69, 9.17) is 17.3 Å². The number of rotatable bonds is 4. The standard InChI is InChI=1S/C16H14ClFN4/c17-13-5-1-11(2-6-13)10-22-16(15(9-19)20-21-22)12-3-7-14(18)8-4-12/h1-8H,9-10,19H2. The maximum atomic E-state index is 13.1. The van der Waals surface area contributed by atoms with Crippen molar-refractivity contribution >= 4 is 11.6 Å². The summed E-state index contributed by atoms with van der Waals surface area (Å²) in [5, 5.41) is 8.96. The molecule has 0 saturated heterocycles. The number of nitrogens with zero attached hydrogens (tertiary/aromatic N) is 3. The predicted octanol–water partition coefficient (Wildman–Crippen LogP) is 3.24. The van der Waals surface area contributed by atoms with Crippen LogP contribution in [0.2, 0.25) is 5.02 Å². The van der Waals surface area contributed by atoms with Gasteiger partial charge < -0.3 is 5.73 Å². The van der Waals surface area contributed by atoms with Gasteiger partial charge in [-0.1, -0.05) is 28.9 Å². The molecule has 0 unspecified atom stereocenters. The molecule has 1 aromatic heterocycles. The highest BCUT2D eigenvalue weighted by Crippen LogP contribution is 2.23. The van der Waals surface area contributed by atoms with Crippen molar-refractivity contribution in [3.63, 3.8) is 0 Å². The number of halogens is 2. The monoisotopic (exact) mass is 316 g/mol. The summed E-state index contributed by atoms with van der Waals surface area (Å²) in [5.41, 5.74) is 9.10. The molecule has 22 heavy (non-hydrogen) atoms. The van der Waals surface area contributed by atoms with E-state index < -0.39 is 0 Å². The molecule has 6 heteroatoms. The Labute approximate surface area is 132 Å². The van der Waals surface area contributed by atoms with Crippen molar-refractivity contribution in [1.29, 1.82) is 0 Å². The van der Waals surface area contributed by atoms with Gasteiger partial charge in [-0.25, -0.2) is 9.07 Å². The van der Waals surface area contributed by atoms with E-state index in [1.165, 1.54) is 12.1 Å². The predicted molar refractivity (Wildman–Crippen MR) is 83.9 cm³/mol. The molecule has 0 fully saturated rings. The van der Waals surface area contributed by atoms with E-state index in [2.05, 4.69) is 10.3 Å². The zero-order chi connectivity index (χ0) is 15.5. The molecule has 0 aliphatic carbocycles. The Kier molecular flexibility index (Phi) is 4.18. The van der Waals surface area contributed by atoms with Crippen LogP contribution in [0.5, 0.6) is 0 Å². The quantitative estimate of drug-likeness (QED) is 0.804. The maximum absolute atomic E-state index is 13.1. The maximum Gasteiger partial charge on any atom is 0.123 e. The SMILES string of the molecule is NCc1nnn(Cc2ccc(Cl)cc2)c1-c1ccc(F)cc1. The minimum Gasteiger partial charge on any atom is -0.325 e. The highest BCUT2D eigenvalue weighted by atomic mass is 35.5. The topological polar surface area (TPSA) is 56.7 Å². The van der Waals surface area contributed by atoms with E-state index in [0.717, 1.165) is 16.8 Å². The van der Waals surface area contributed by atoms with Gasteiger partial charge in [-0.3, -0.25) is 0 Å². The zero-order valence-electron chi connectivity index (χ0n) is 11.7. The highest BCUT2D eigenvalue weighted by molar-refractivity contribution is 6.30. The lowest BCUT2D eigenvalue weighted by Crippen LogP contribution is -2.05. The molecule has 3 rings (SSSR count). The van der Waals surface area contributed by atoms with Crippen molar-refractivity contribution in [2.75, 3.05) is 0 Å². The summed E-state index contributed by atoms with van der Waals surface area (Å²) in [6.45, 7) is 0.810. The first-order valence-corrected chi connectivity index (χ1v) is 7.18. The summed E-state index contributed by atoms with van der Waals surface area (Å²) in [5.74, 6) is -0.283. The van der Waals surface area contributed by atoms with Crippen molar-refractivity contribution in [3.05, 3.63) is 70.6 Å². The van der Waals surface area contributed by atoms with Crippen molar-refractivity contribution in [2.45, 2.75) is 13.1 Å². The third-order valence-electron chi connectivity index (χ3n) is 3.36. The highest BCUT2D eigenvalue weighted by Gasteiger charge is 2.14. The van der Waals surface area contributed by atoms with Crippen LogP contribution in [-0.2, 0) is 13.1 Å². The average molecular weight is 317 g/mol. The molecular weight excluding hydrogens is 303 g/mol. The molecule has 4 nitrogen and oxygen atoms in total. The zero-order valence-corrected chi connectivity index (χ0v) is 12.5. The Hall–Kier alpha value is -2.24. The molecule has 0 amide bonds. The summed E-state index contributed by atoms with van der Waals surface area (Å²) in [6, 6.07) is 13.7. The first kappa shape index (κ1) is 14.7. The largest absolute Gasteiger partial charge is 0.325 e. The van der Waals surface area contributed by atoms with Crippen LogP contribution in [0.25, 0.3) is 11.3 Å². The number of nitrogens with two attached hydrogens (primary N) is 1. The first-order chi connectivity index (χ1) is 10.7. The molecule has 2 N–H and O–H groups in total. The van der Waals surface area contributed by atoms with Gasteiger partial charge in [0.1, 0.15) is 11.5 Å². The molecule has 0 bridgehead atoms. The summed E-state index contributed by atoms with van der Waals surface area (Å²) < 4.78 is 14.9. The minimum absolute atomic E-state index is 0.271. The number of hydrogen-bond acceptors (Lipinski definition) is 3. The molecule has 1 heterocycles. The third kappa shape index (κ3) is 3.00. The van der Waals surface area contributed by atoms with Crippen molar-refractivity contribution in [2.24, 2.45) is 5.73 Å². The van der Waals surface area contributed by atoms with Gasteiger partial charge in [0, 0.05) is 17.1 Å². The Bertz CT molecular complexity index is 766. The van der Waals surface area contributed by atoms with Crippen LogP contribution in [0.1, 0.15) is 11.3 Å². The van der Waals surface area contributed by atoms with E-state index in [-0.39, 0.29) is 12.4 Å². The first-order valence-electron chi connectivity index (χ1n) is 6.80. The molecule has 0 aliphatic rings. The number of hydrogen-bond donors (Lipinski definition) is 1. The van der Waals surface area contributed by atoms with Crippen molar-refractivity contribution < 1.29 is 4.39 Å². The van der Waals surface area contributed by atoms with Gasteiger partial charge in [0.15, 0.2) is 0 Å². The van der Waals surface area contributed by atoms with E-state index in [1.54, 1.807) is 16.8 Å². The van der Waals surface area contributed by atoms with E-state index in [9.17, 15) is 4.39 Å². The van der Waals surface area contributed by atoms with Crippen LogP contribution in [0.15, 0.2) is 48.5 Å². The lowest BCUT2D eigenvalue weighted by Gasteiger charge is -2.08. The normalized spacial score (nSPS) is 10.9. The van der Waals surface area contributed by atoms with Crippen LogP contribution in [0.4, 0.5) is 4.39 Å². The molecule has 112 valence electrons. The van der Waals surface area contributed by atoms with Gasteiger partial charge in [-0.15, -0.1) is 5.10 Å². The van der Waals surface area contributed by atoms with Gasteiger partial charge in [0.25, 0.3) is 0 Å². The lowest BCUT2D eigenvalue weighted by atomic mass is 10.1. The van der Waals surface area contributed by atoms with Gasteiger partial charge in [-0.2, -0.15) is 0 Å². The fourth-order valence-corrected chi connectivity index (χ4v) is 2.41. The number of benzene rings is 2. The van der Waals surface area contributed by atoms with Crippen LogP contribution in [-0.4, -0.2) is 15.0 Å². The molecular formula is C16H14ClFN4. The summed E-state index contributed by atoms with van der Waals surface area (Å²) in [6.07, 6.45) is 0. The van der Waals surface area contributed by atoms with Crippen LogP contribution in [0, 0.1) is 5.82 Å². The summed E-state index contributed by atoms with van der Waals surface area (Å²) in [7, 11) is 0. The van der Waals surface area contributed by atoms with Crippen molar-refractivity contribution in [3.8, 4) is 11.3 Å². The van der Waals surface area contributed by atoms with Gasteiger partial charge in [0.2, 0.25) is 0 Å². The Balaban J connectivity index is 1.99. The van der Waals surface area contributed by atoms with Gasteiger partial charge in [-0.05, 0) is 42.0 Å². The second-order valence-corrected chi connectivity index (χ2v) is 5.32. The number of aromatic nitrogens is 3.